The Bertz CT molecular complexity index is 15.0. The van der Waals surface area contributed by atoms with Crippen molar-refractivity contribution in [3.63, 3.8) is 0 Å². The summed E-state index contributed by atoms with van der Waals surface area (Å²) in [7, 11) is -1.17. The van der Waals surface area contributed by atoms with Crippen LogP contribution in [0.2, 0.25) is 0 Å². The van der Waals surface area contributed by atoms with Gasteiger partial charge in [-0.05, 0) is 4.57 Å². The topological polar surface area (TPSA) is 100 Å². The Morgan fingerprint density at radius 3 is 1.33 bits per heavy atom. The molecule has 6 heteroatoms. The molecule has 0 aromatic carbocycles. The molecule has 35 valence electrons. The molecule has 1 atom stereocenters. The average Bonchev–Trinajstić information content (AvgIpc) is 0.918. The summed E-state index contributed by atoms with van der Waals surface area (Å²) < 4.78 is 8.51. The van der Waals surface area contributed by atoms with E-state index in [9.17, 15) is 0 Å². The van der Waals surface area contributed by atoms with E-state index in [0.29, 0.717) is 0 Å². The molecule has 1 unspecified atom stereocenters. The van der Waals surface area contributed by atoms with Crippen LogP contribution in [-0.2, 0) is 4.57 Å². The fourth-order valence-electron chi connectivity index (χ4n) is 0. The van der Waals surface area contributed by atoms with Crippen molar-refractivity contribution in [2.75, 3.05) is 0 Å². The summed E-state index contributed by atoms with van der Waals surface area (Å²) in [5, 5.41) is 0. The van der Waals surface area contributed by atoms with Crippen LogP contribution in [0.15, 0.2) is 0 Å². The molecule has 1 radical (unpaired) electrons. The standard InChI is InChI=1S/Na.HO2P.2H2O/c;1-3-2;;/h;3H;2*1H2/p+1. The van der Waals surface area contributed by atoms with Crippen molar-refractivity contribution >= 4 is 38.2 Å². The molecule has 0 saturated heterocycles. The average molecular weight is 124 g/mol. The Morgan fingerprint density at radius 2 is 1.33 bits per heavy atom. The molecule has 5 N–H and O–H groups in total. The summed E-state index contributed by atoms with van der Waals surface area (Å²) in [4.78, 5) is 7.04. The van der Waals surface area contributed by atoms with Crippen molar-refractivity contribution in [2.24, 2.45) is 0 Å². The quantitative estimate of drug-likeness (QED) is 0.295. The fourth-order valence-corrected chi connectivity index (χ4v) is 0. The van der Waals surface area contributed by atoms with Crippen molar-refractivity contribution in [3.05, 3.63) is 0 Å². The minimum atomic E-state index is -1.17. The van der Waals surface area contributed by atoms with Gasteiger partial charge in [0.05, 0.1) is 0 Å². The normalized spacial score (nSPS) is 3.50. The molecule has 0 aliphatic carbocycles. The zero-order valence-corrected chi connectivity index (χ0v) is 6.36. The molecular formula is H6NaO4P+. The third kappa shape index (κ3) is 82.1. The van der Waals surface area contributed by atoms with Crippen LogP contribution in [-0.4, -0.2) is 45.4 Å². The third-order valence-corrected chi connectivity index (χ3v) is 0. The van der Waals surface area contributed by atoms with E-state index in [1.807, 2.05) is 0 Å². The first-order valence-corrected chi connectivity index (χ1v) is 1.28. The van der Waals surface area contributed by atoms with Crippen LogP contribution in [0.1, 0.15) is 0 Å². The smallest absolute Gasteiger partial charge is 0.412 e. The molecule has 0 rings (SSSR count). The predicted molar refractivity (Wildman–Crippen MR) is 24.2 cm³/mol. The Morgan fingerprint density at radius 1 is 1.33 bits per heavy atom. The van der Waals surface area contributed by atoms with Gasteiger partial charge < -0.3 is 11.0 Å². The largest absolute Gasteiger partial charge is 0.491 e. The second-order valence-electron chi connectivity index (χ2n) is 0.0913. The predicted octanol–water partition coefficient (Wildman–Crippen LogP) is -2.11. The summed E-state index contributed by atoms with van der Waals surface area (Å²) >= 11 is 0. The van der Waals surface area contributed by atoms with E-state index in [1.165, 1.54) is 0 Å². The van der Waals surface area contributed by atoms with Gasteiger partial charge in [0.2, 0.25) is 0 Å². The molecule has 0 aromatic heterocycles. The molecule has 0 aliphatic heterocycles. The molecule has 4 nitrogen and oxygen atoms in total. The molecule has 0 bridgehead atoms. The van der Waals surface area contributed by atoms with Gasteiger partial charge in [0.15, 0.2) is 0 Å². The van der Waals surface area contributed by atoms with E-state index in [1.54, 1.807) is 0 Å². The molecule has 6 heavy (non-hydrogen) atoms. The zero-order chi connectivity index (χ0) is 2.71. The minimum Gasteiger partial charge on any atom is -0.412 e. The van der Waals surface area contributed by atoms with Crippen LogP contribution in [0.5, 0.6) is 0 Å². The molecule has 0 heterocycles. The Labute approximate surface area is 58.7 Å². The maximum atomic E-state index is 8.51. The van der Waals surface area contributed by atoms with Crippen LogP contribution in [0.25, 0.3) is 0 Å². The molecular weight excluding hydrogens is 118 g/mol. The van der Waals surface area contributed by atoms with Crippen LogP contribution >= 0.6 is 8.69 Å². The summed E-state index contributed by atoms with van der Waals surface area (Å²) in [5.74, 6) is 0. The molecule has 0 spiro atoms. The van der Waals surface area contributed by atoms with Gasteiger partial charge in [-0.1, -0.05) is 0 Å². The molecule has 0 aromatic rings. The second-order valence-corrected chi connectivity index (χ2v) is 0.274. The van der Waals surface area contributed by atoms with Crippen LogP contribution < -0.4 is 0 Å². The summed E-state index contributed by atoms with van der Waals surface area (Å²) in [6.45, 7) is 0. The first kappa shape index (κ1) is 28.1. The van der Waals surface area contributed by atoms with Gasteiger partial charge in [0, 0.05) is 29.6 Å². The van der Waals surface area contributed by atoms with Crippen molar-refractivity contribution in [1.82, 2.24) is 0 Å². The molecule has 0 saturated carbocycles. The summed E-state index contributed by atoms with van der Waals surface area (Å²) in [6, 6.07) is 0. The molecule has 0 amide bonds. The maximum Gasteiger partial charge on any atom is 0.491 e. The van der Waals surface area contributed by atoms with Crippen LogP contribution in [0.3, 0.4) is 0 Å². The monoisotopic (exact) mass is 124 g/mol. The van der Waals surface area contributed by atoms with Crippen LogP contribution in [0, 0.1) is 0 Å². The Balaban J connectivity index is -0.00000000667. The van der Waals surface area contributed by atoms with Gasteiger partial charge in [-0.2, -0.15) is 4.89 Å². The summed E-state index contributed by atoms with van der Waals surface area (Å²) in [5.41, 5.74) is 0. The minimum absolute atomic E-state index is 0. The summed E-state index contributed by atoms with van der Waals surface area (Å²) in [6.07, 6.45) is 0. The van der Waals surface area contributed by atoms with Crippen molar-refractivity contribution < 1.29 is 20.4 Å². The van der Waals surface area contributed by atoms with Gasteiger partial charge in [-0.15, -0.1) is 0 Å². The fraction of sp³-hybridized carbons (Fsp3) is 0. The van der Waals surface area contributed by atoms with Gasteiger partial charge in [0.1, 0.15) is 0 Å². The maximum absolute atomic E-state index is 8.51. The second kappa shape index (κ2) is 37.8. The van der Waals surface area contributed by atoms with Crippen molar-refractivity contribution in [3.8, 4) is 0 Å². The Kier molecular flexibility index (Phi) is 177. The van der Waals surface area contributed by atoms with Gasteiger partial charge in [-0.3, -0.25) is 0 Å². The number of rotatable bonds is 0. The van der Waals surface area contributed by atoms with Gasteiger partial charge in [0.25, 0.3) is 0 Å². The Hall–Kier alpha value is 0.980. The third-order valence-electron chi connectivity index (χ3n) is 0. The van der Waals surface area contributed by atoms with Crippen molar-refractivity contribution in [2.45, 2.75) is 0 Å². The van der Waals surface area contributed by atoms with Crippen LogP contribution in [0.4, 0.5) is 0 Å². The zero-order valence-electron chi connectivity index (χ0n) is 3.36. The number of hydrogen-bond acceptors (Lipinski definition) is 1. The number of hydrogen-bond donors (Lipinski definition) is 1. The van der Waals surface area contributed by atoms with E-state index in [-0.39, 0.29) is 40.5 Å². The molecule has 0 fully saturated rings. The van der Waals surface area contributed by atoms with E-state index in [0.717, 1.165) is 0 Å². The van der Waals surface area contributed by atoms with Gasteiger partial charge in [-0.25, -0.2) is 0 Å². The van der Waals surface area contributed by atoms with Crippen molar-refractivity contribution in [1.29, 1.82) is 0 Å². The van der Waals surface area contributed by atoms with E-state index >= 15 is 0 Å². The van der Waals surface area contributed by atoms with E-state index in [4.69, 9.17) is 9.46 Å². The first-order chi connectivity index (χ1) is 1.41. The van der Waals surface area contributed by atoms with Gasteiger partial charge >= 0.3 is 8.69 Å². The first-order valence-electron chi connectivity index (χ1n) is 0.428. The molecule has 0 aliphatic rings. The van der Waals surface area contributed by atoms with E-state index in [2.05, 4.69) is 0 Å². The SMILES string of the molecule is O.O.O=[PH+]O.[Na]. The van der Waals surface area contributed by atoms with E-state index < -0.39 is 8.69 Å².